The van der Waals surface area contributed by atoms with Gasteiger partial charge in [-0.05, 0) is 43.4 Å². The summed E-state index contributed by atoms with van der Waals surface area (Å²) < 4.78 is 11.9. The van der Waals surface area contributed by atoms with Crippen LogP contribution in [0.5, 0.6) is 0 Å². The standard InChI is InChI=1S/C18H27NO2/c1-2-19-17(15-10-11-20-12-15)13-21-18-9-5-7-14-6-3-4-8-16(14)18/h3-4,6,8,15,17-19H,2,5,7,9-13H2,1H3. The van der Waals surface area contributed by atoms with Crippen LogP contribution in [0.1, 0.15) is 43.4 Å². The van der Waals surface area contributed by atoms with Crippen LogP contribution < -0.4 is 5.32 Å². The molecule has 1 heterocycles. The Hall–Kier alpha value is -0.900. The van der Waals surface area contributed by atoms with Crippen LogP contribution in [0.2, 0.25) is 0 Å². The number of nitrogens with one attached hydrogen (secondary N) is 1. The Kier molecular flexibility index (Phi) is 5.28. The van der Waals surface area contributed by atoms with Crippen LogP contribution in [0.15, 0.2) is 24.3 Å². The van der Waals surface area contributed by atoms with E-state index in [0.29, 0.717) is 12.0 Å². The molecule has 1 aliphatic heterocycles. The Labute approximate surface area is 128 Å². The second-order valence-electron chi connectivity index (χ2n) is 6.20. The van der Waals surface area contributed by atoms with Crippen molar-refractivity contribution >= 4 is 0 Å². The van der Waals surface area contributed by atoms with Crippen LogP contribution in [0, 0.1) is 5.92 Å². The van der Waals surface area contributed by atoms with Gasteiger partial charge < -0.3 is 14.8 Å². The molecule has 0 aromatic heterocycles. The number of aryl methyl sites for hydroxylation is 1. The number of fused-ring (bicyclic) bond motifs is 1. The first-order valence-corrected chi connectivity index (χ1v) is 8.39. The minimum atomic E-state index is 0.276. The van der Waals surface area contributed by atoms with Gasteiger partial charge in [0.05, 0.1) is 19.3 Å². The molecule has 1 aromatic rings. The van der Waals surface area contributed by atoms with Gasteiger partial charge in [-0.25, -0.2) is 0 Å². The van der Waals surface area contributed by atoms with E-state index in [1.165, 1.54) is 24.0 Å². The first-order valence-electron chi connectivity index (χ1n) is 8.39. The zero-order chi connectivity index (χ0) is 14.5. The number of hydrogen-bond acceptors (Lipinski definition) is 3. The van der Waals surface area contributed by atoms with Gasteiger partial charge >= 0.3 is 0 Å². The maximum absolute atomic E-state index is 6.32. The van der Waals surface area contributed by atoms with E-state index in [1.807, 2.05) is 0 Å². The van der Waals surface area contributed by atoms with Crippen LogP contribution >= 0.6 is 0 Å². The summed E-state index contributed by atoms with van der Waals surface area (Å²) in [5.74, 6) is 0.601. The first-order chi connectivity index (χ1) is 10.4. The molecule has 3 rings (SSSR count). The van der Waals surface area contributed by atoms with E-state index in [4.69, 9.17) is 9.47 Å². The molecule has 1 aromatic carbocycles. The van der Waals surface area contributed by atoms with Crippen LogP contribution in [-0.2, 0) is 15.9 Å². The Morgan fingerprint density at radius 3 is 3.05 bits per heavy atom. The van der Waals surface area contributed by atoms with Crippen LogP contribution in [0.3, 0.4) is 0 Å². The third kappa shape index (κ3) is 3.65. The molecule has 3 atom stereocenters. The Balaban J connectivity index is 1.61. The van der Waals surface area contributed by atoms with Gasteiger partial charge in [0.15, 0.2) is 0 Å². The third-order valence-corrected chi connectivity index (χ3v) is 4.79. The van der Waals surface area contributed by atoms with Crippen molar-refractivity contribution in [3.8, 4) is 0 Å². The zero-order valence-electron chi connectivity index (χ0n) is 13.0. The molecule has 3 nitrogen and oxygen atoms in total. The van der Waals surface area contributed by atoms with E-state index in [0.717, 1.165) is 39.2 Å². The molecule has 2 aliphatic rings. The van der Waals surface area contributed by atoms with E-state index in [2.05, 4.69) is 36.5 Å². The van der Waals surface area contributed by atoms with Crippen molar-refractivity contribution in [2.24, 2.45) is 5.92 Å². The first kappa shape index (κ1) is 15.0. The van der Waals surface area contributed by atoms with E-state index >= 15 is 0 Å². The highest BCUT2D eigenvalue weighted by Crippen LogP contribution is 2.32. The van der Waals surface area contributed by atoms with Gasteiger partial charge in [-0.15, -0.1) is 0 Å². The lowest BCUT2D eigenvalue weighted by Crippen LogP contribution is -2.40. The minimum absolute atomic E-state index is 0.276. The number of hydrogen-bond donors (Lipinski definition) is 1. The van der Waals surface area contributed by atoms with Gasteiger partial charge in [-0.1, -0.05) is 31.2 Å². The Morgan fingerprint density at radius 2 is 2.24 bits per heavy atom. The summed E-state index contributed by atoms with van der Waals surface area (Å²) in [5, 5.41) is 3.58. The van der Waals surface area contributed by atoms with E-state index < -0.39 is 0 Å². The smallest absolute Gasteiger partial charge is 0.0828 e. The highest BCUT2D eigenvalue weighted by atomic mass is 16.5. The summed E-state index contributed by atoms with van der Waals surface area (Å²) in [5.41, 5.74) is 2.87. The molecule has 0 saturated carbocycles. The van der Waals surface area contributed by atoms with Crippen molar-refractivity contribution in [3.05, 3.63) is 35.4 Å². The highest BCUT2D eigenvalue weighted by molar-refractivity contribution is 5.31. The van der Waals surface area contributed by atoms with Gasteiger partial charge in [0.2, 0.25) is 0 Å². The second kappa shape index (κ2) is 7.39. The molecule has 0 amide bonds. The van der Waals surface area contributed by atoms with Gasteiger partial charge in [0, 0.05) is 18.6 Å². The summed E-state index contributed by atoms with van der Waals surface area (Å²) in [6.07, 6.45) is 5.01. The van der Waals surface area contributed by atoms with Crippen molar-refractivity contribution in [3.63, 3.8) is 0 Å². The topological polar surface area (TPSA) is 30.5 Å². The molecule has 0 radical (unpaired) electrons. The molecular formula is C18H27NO2. The van der Waals surface area contributed by atoms with Crippen LogP contribution in [0.4, 0.5) is 0 Å². The predicted molar refractivity (Wildman–Crippen MR) is 84.5 cm³/mol. The normalized spacial score (nSPS) is 26.5. The Morgan fingerprint density at radius 1 is 1.33 bits per heavy atom. The zero-order valence-corrected chi connectivity index (χ0v) is 13.0. The number of benzene rings is 1. The van der Waals surface area contributed by atoms with Crippen LogP contribution in [-0.4, -0.2) is 32.4 Å². The largest absolute Gasteiger partial charge is 0.381 e. The van der Waals surface area contributed by atoms with Crippen molar-refractivity contribution in [1.82, 2.24) is 5.32 Å². The average Bonchev–Trinajstić information content (AvgIpc) is 3.05. The fourth-order valence-corrected chi connectivity index (χ4v) is 3.60. The lowest BCUT2D eigenvalue weighted by atomic mass is 9.89. The summed E-state index contributed by atoms with van der Waals surface area (Å²) in [4.78, 5) is 0. The van der Waals surface area contributed by atoms with Crippen LogP contribution in [0.25, 0.3) is 0 Å². The van der Waals surface area contributed by atoms with E-state index in [9.17, 15) is 0 Å². The number of rotatable bonds is 6. The van der Waals surface area contributed by atoms with Crippen molar-refractivity contribution < 1.29 is 9.47 Å². The lowest BCUT2D eigenvalue weighted by Gasteiger charge is -2.29. The van der Waals surface area contributed by atoms with Gasteiger partial charge in [0.1, 0.15) is 0 Å². The summed E-state index contributed by atoms with van der Waals surface area (Å²) >= 11 is 0. The highest BCUT2D eigenvalue weighted by Gasteiger charge is 2.27. The summed E-state index contributed by atoms with van der Waals surface area (Å²) in [7, 11) is 0. The number of ether oxygens (including phenoxy) is 2. The molecule has 1 saturated heterocycles. The second-order valence-corrected chi connectivity index (χ2v) is 6.20. The Bertz CT molecular complexity index is 443. The van der Waals surface area contributed by atoms with Crippen molar-refractivity contribution in [1.29, 1.82) is 0 Å². The molecule has 116 valence electrons. The maximum atomic E-state index is 6.32. The van der Waals surface area contributed by atoms with E-state index in [-0.39, 0.29) is 6.10 Å². The fourth-order valence-electron chi connectivity index (χ4n) is 3.60. The maximum Gasteiger partial charge on any atom is 0.0828 e. The molecule has 1 N–H and O–H groups in total. The monoisotopic (exact) mass is 289 g/mol. The molecule has 1 aliphatic carbocycles. The minimum Gasteiger partial charge on any atom is -0.381 e. The summed E-state index contributed by atoms with van der Waals surface area (Å²) in [6.45, 7) is 5.73. The molecule has 1 fully saturated rings. The fraction of sp³-hybridized carbons (Fsp3) is 0.667. The molecule has 0 spiro atoms. The SMILES string of the molecule is CCNC(COC1CCCc2ccccc21)C1CCOC1. The van der Waals surface area contributed by atoms with Gasteiger partial charge in [-0.2, -0.15) is 0 Å². The number of likely N-dealkylation sites (N-methyl/N-ethyl adjacent to an activating group) is 1. The third-order valence-electron chi connectivity index (χ3n) is 4.79. The summed E-state index contributed by atoms with van der Waals surface area (Å²) in [6, 6.07) is 9.18. The quantitative estimate of drug-likeness (QED) is 0.873. The van der Waals surface area contributed by atoms with Gasteiger partial charge in [0.25, 0.3) is 0 Å². The molecule has 0 bridgehead atoms. The van der Waals surface area contributed by atoms with Crippen molar-refractivity contribution in [2.75, 3.05) is 26.4 Å². The predicted octanol–water partition coefficient (Wildman–Crippen LogP) is 3.10. The van der Waals surface area contributed by atoms with E-state index in [1.54, 1.807) is 0 Å². The molecular weight excluding hydrogens is 262 g/mol. The molecule has 21 heavy (non-hydrogen) atoms. The average molecular weight is 289 g/mol. The molecule has 3 heteroatoms. The van der Waals surface area contributed by atoms with Crippen molar-refractivity contribution in [2.45, 2.75) is 44.8 Å². The molecule has 3 unspecified atom stereocenters. The lowest BCUT2D eigenvalue weighted by molar-refractivity contribution is 0.0155. The van der Waals surface area contributed by atoms with Gasteiger partial charge in [-0.3, -0.25) is 0 Å².